The Balaban J connectivity index is 1.97. The average molecular weight is 262 g/mol. The van der Waals surface area contributed by atoms with Crippen molar-refractivity contribution in [3.05, 3.63) is 23.9 Å². The molecular weight excluding hydrogens is 236 g/mol. The standard InChI is InChI=1S/C16H26N2O/c1-13(2)18-12-14-8-7-11-17-16(14)19-15-9-5-3-4-6-10-15/h7-8,11,13,15,18H,3-6,9-10,12H2,1-2H3. The Labute approximate surface area is 116 Å². The van der Waals surface area contributed by atoms with Crippen LogP contribution in [0.3, 0.4) is 0 Å². The maximum atomic E-state index is 6.15. The van der Waals surface area contributed by atoms with Crippen LogP contribution in [0.25, 0.3) is 0 Å². The molecule has 0 spiro atoms. The van der Waals surface area contributed by atoms with Crippen LogP contribution in [0.1, 0.15) is 57.9 Å². The van der Waals surface area contributed by atoms with Gasteiger partial charge < -0.3 is 10.1 Å². The topological polar surface area (TPSA) is 34.2 Å². The van der Waals surface area contributed by atoms with E-state index in [1.54, 1.807) is 0 Å². The smallest absolute Gasteiger partial charge is 0.218 e. The number of hydrogen-bond acceptors (Lipinski definition) is 3. The number of pyridine rings is 1. The average Bonchev–Trinajstić information content (AvgIpc) is 2.66. The van der Waals surface area contributed by atoms with Gasteiger partial charge in [-0.05, 0) is 31.7 Å². The van der Waals surface area contributed by atoms with Gasteiger partial charge in [0.05, 0.1) is 0 Å². The zero-order chi connectivity index (χ0) is 13.5. The molecule has 1 aliphatic rings. The van der Waals surface area contributed by atoms with Gasteiger partial charge in [0.15, 0.2) is 0 Å². The third kappa shape index (κ3) is 4.83. The summed E-state index contributed by atoms with van der Waals surface area (Å²) in [5.74, 6) is 0.822. The van der Waals surface area contributed by atoms with E-state index in [-0.39, 0.29) is 0 Å². The van der Waals surface area contributed by atoms with Crippen LogP contribution in [0.4, 0.5) is 0 Å². The van der Waals surface area contributed by atoms with Crippen molar-refractivity contribution in [2.24, 2.45) is 0 Å². The lowest BCUT2D eigenvalue weighted by atomic mass is 10.1. The fourth-order valence-corrected chi connectivity index (χ4v) is 2.50. The fraction of sp³-hybridized carbons (Fsp3) is 0.688. The molecule has 1 aromatic rings. The lowest BCUT2D eigenvalue weighted by Crippen LogP contribution is -2.23. The summed E-state index contributed by atoms with van der Waals surface area (Å²) in [5.41, 5.74) is 1.17. The van der Waals surface area contributed by atoms with Crippen molar-refractivity contribution in [3.63, 3.8) is 0 Å². The minimum Gasteiger partial charge on any atom is -0.474 e. The fourth-order valence-electron chi connectivity index (χ4n) is 2.50. The van der Waals surface area contributed by atoms with Gasteiger partial charge in [-0.25, -0.2) is 4.98 Å². The van der Waals surface area contributed by atoms with E-state index in [2.05, 4.69) is 30.2 Å². The first-order valence-electron chi connectivity index (χ1n) is 7.59. The number of nitrogens with zero attached hydrogens (tertiary/aromatic N) is 1. The molecule has 0 radical (unpaired) electrons. The number of rotatable bonds is 5. The highest BCUT2D eigenvalue weighted by atomic mass is 16.5. The molecule has 19 heavy (non-hydrogen) atoms. The predicted octanol–water partition coefficient (Wildman–Crippen LogP) is 3.68. The minimum absolute atomic E-state index is 0.357. The van der Waals surface area contributed by atoms with Crippen LogP contribution in [0.2, 0.25) is 0 Å². The highest BCUT2D eigenvalue weighted by Crippen LogP contribution is 2.23. The zero-order valence-corrected chi connectivity index (χ0v) is 12.2. The molecule has 1 saturated carbocycles. The number of nitrogens with one attached hydrogen (secondary N) is 1. The third-order valence-corrected chi connectivity index (χ3v) is 3.63. The summed E-state index contributed by atoms with van der Waals surface area (Å²) in [4.78, 5) is 4.42. The summed E-state index contributed by atoms with van der Waals surface area (Å²) < 4.78 is 6.15. The Hall–Kier alpha value is -1.09. The first-order valence-corrected chi connectivity index (χ1v) is 7.59. The second-order valence-corrected chi connectivity index (χ2v) is 5.73. The lowest BCUT2D eigenvalue weighted by Gasteiger charge is -2.19. The van der Waals surface area contributed by atoms with Gasteiger partial charge in [0.1, 0.15) is 6.10 Å². The van der Waals surface area contributed by atoms with Crippen LogP contribution < -0.4 is 10.1 Å². The molecule has 1 heterocycles. The van der Waals surface area contributed by atoms with Gasteiger partial charge in [0.25, 0.3) is 0 Å². The van der Waals surface area contributed by atoms with Gasteiger partial charge in [-0.15, -0.1) is 0 Å². The van der Waals surface area contributed by atoms with Gasteiger partial charge in [-0.3, -0.25) is 0 Å². The van der Waals surface area contributed by atoms with E-state index < -0.39 is 0 Å². The van der Waals surface area contributed by atoms with Gasteiger partial charge in [0.2, 0.25) is 5.88 Å². The van der Waals surface area contributed by atoms with E-state index in [0.29, 0.717) is 12.1 Å². The van der Waals surface area contributed by atoms with Crippen molar-refractivity contribution in [2.75, 3.05) is 0 Å². The van der Waals surface area contributed by atoms with Crippen molar-refractivity contribution in [1.29, 1.82) is 0 Å². The third-order valence-electron chi connectivity index (χ3n) is 3.63. The van der Waals surface area contributed by atoms with Gasteiger partial charge in [-0.1, -0.05) is 32.8 Å². The second kappa shape index (κ2) is 7.49. The molecule has 0 saturated heterocycles. The summed E-state index contributed by atoms with van der Waals surface area (Å²) in [6, 6.07) is 4.57. The van der Waals surface area contributed by atoms with E-state index in [0.717, 1.165) is 12.4 Å². The van der Waals surface area contributed by atoms with Crippen LogP contribution in [0.5, 0.6) is 5.88 Å². The largest absolute Gasteiger partial charge is 0.474 e. The van der Waals surface area contributed by atoms with E-state index in [1.807, 2.05) is 12.3 Å². The SMILES string of the molecule is CC(C)NCc1cccnc1OC1CCCCCC1. The zero-order valence-electron chi connectivity index (χ0n) is 12.2. The summed E-state index contributed by atoms with van der Waals surface area (Å²) in [5, 5.41) is 3.43. The molecule has 0 atom stereocenters. The Morgan fingerprint density at radius 2 is 2.00 bits per heavy atom. The highest BCUT2D eigenvalue weighted by Gasteiger charge is 2.16. The summed E-state index contributed by atoms with van der Waals surface area (Å²) >= 11 is 0. The highest BCUT2D eigenvalue weighted by molar-refractivity contribution is 5.25. The quantitative estimate of drug-likeness (QED) is 0.822. The van der Waals surface area contributed by atoms with Crippen molar-refractivity contribution in [3.8, 4) is 5.88 Å². The molecule has 106 valence electrons. The maximum absolute atomic E-state index is 6.15. The van der Waals surface area contributed by atoms with Crippen molar-refractivity contribution >= 4 is 0 Å². The van der Waals surface area contributed by atoms with E-state index in [4.69, 9.17) is 4.74 Å². The Morgan fingerprint density at radius 3 is 2.68 bits per heavy atom. The van der Waals surface area contributed by atoms with Crippen LogP contribution >= 0.6 is 0 Å². The summed E-state index contributed by atoms with van der Waals surface area (Å²) in [7, 11) is 0. The molecule has 0 bridgehead atoms. The normalized spacial score (nSPS) is 17.4. The molecule has 1 aliphatic carbocycles. The first kappa shape index (κ1) is 14.3. The van der Waals surface area contributed by atoms with Crippen LogP contribution in [-0.4, -0.2) is 17.1 Å². The summed E-state index contributed by atoms with van der Waals surface area (Å²) in [6.45, 7) is 5.14. The van der Waals surface area contributed by atoms with Crippen LogP contribution in [0, 0.1) is 0 Å². The van der Waals surface area contributed by atoms with E-state index in [9.17, 15) is 0 Å². The molecule has 3 nitrogen and oxygen atoms in total. The second-order valence-electron chi connectivity index (χ2n) is 5.73. The number of hydrogen-bond donors (Lipinski definition) is 1. The first-order chi connectivity index (χ1) is 9.25. The molecule has 0 amide bonds. The molecule has 0 aromatic carbocycles. The summed E-state index contributed by atoms with van der Waals surface area (Å²) in [6.07, 6.45) is 9.81. The molecular formula is C16H26N2O. The Kier molecular flexibility index (Phi) is 5.64. The van der Waals surface area contributed by atoms with Crippen molar-refractivity contribution < 1.29 is 4.74 Å². The Bertz CT molecular complexity index is 371. The lowest BCUT2D eigenvalue weighted by molar-refractivity contribution is 0.174. The van der Waals surface area contributed by atoms with Crippen LogP contribution in [-0.2, 0) is 6.54 Å². The molecule has 0 unspecified atom stereocenters. The monoisotopic (exact) mass is 262 g/mol. The Morgan fingerprint density at radius 1 is 1.26 bits per heavy atom. The molecule has 0 aliphatic heterocycles. The van der Waals surface area contributed by atoms with Gasteiger partial charge >= 0.3 is 0 Å². The van der Waals surface area contributed by atoms with E-state index in [1.165, 1.54) is 44.1 Å². The van der Waals surface area contributed by atoms with Gasteiger partial charge in [0, 0.05) is 24.3 Å². The van der Waals surface area contributed by atoms with Crippen LogP contribution in [0.15, 0.2) is 18.3 Å². The van der Waals surface area contributed by atoms with Crippen molar-refractivity contribution in [1.82, 2.24) is 10.3 Å². The molecule has 1 fully saturated rings. The minimum atomic E-state index is 0.357. The maximum Gasteiger partial charge on any atom is 0.218 e. The van der Waals surface area contributed by atoms with Crippen molar-refractivity contribution in [2.45, 2.75) is 71.1 Å². The molecule has 1 N–H and O–H groups in total. The number of ether oxygens (including phenoxy) is 1. The van der Waals surface area contributed by atoms with Gasteiger partial charge in [-0.2, -0.15) is 0 Å². The molecule has 3 heteroatoms. The van der Waals surface area contributed by atoms with E-state index >= 15 is 0 Å². The molecule has 2 rings (SSSR count). The molecule has 1 aromatic heterocycles. The predicted molar refractivity (Wildman–Crippen MR) is 78.3 cm³/mol. The number of aromatic nitrogens is 1.